The molecule has 0 aliphatic rings. The number of halogens is 2. The number of ether oxygens (including phenoxy) is 1. The van der Waals surface area contributed by atoms with Crippen LogP contribution in [0.25, 0.3) is 0 Å². The van der Waals surface area contributed by atoms with E-state index in [9.17, 15) is 13.6 Å². The van der Waals surface area contributed by atoms with Crippen LogP contribution >= 0.6 is 0 Å². The molecule has 1 N–H and O–H groups in total. The molecular weight excluding hydrogens is 216 g/mol. The van der Waals surface area contributed by atoms with Crippen molar-refractivity contribution < 1.29 is 18.3 Å². The molecule has 0 spiro atoms. The van der Waals surface area contributed by atoms with Crippen molar-refractivity contribution in [3.05, 3.63) is 35.4 Å². The molecule has 0 aliphatic heterocycles. The van der Waals surface area contributed by atoms with Crippen molar-refractivity contribution in [2.45, 2.75) is 13.3 Å². The zero-order chi connectivity index (χ0) is 12.1. The monoisotopic (exact) mass is 227 g/mol. The van der Waals surface area contributed by atoms with Gasteiger partial charge in [0.15, 0.2) is 0 Å². The highest BCUT2D eigenvalue weighted by molar-refractivity contribution is 6.07. The molecule has 5 heteroatoms. The molecule has 0 radical (unpaired) electrons. The number of rotatable bonds is 4. The smallest absolute Gasteiger partial charge is 0.311 e. The molecule has 0 fully saturated rings. The highest BCUT2D eigenvalue weighted by atomic mass is 19.1. The third-order valence-corrected chi connectivity index (χ3v) is 1.89. The van der Waals surface area contributed by atoms with E-state index in [1.165, 1.54) is 6.07 Å². The van der Waals surface area contributed by atoms with Gasteiger partial charge < -0.3 is 10.1 Å². The molecular formula is C11H11F2NO2. The minimum Gasteiger partial charge on any atom is -0.466 e. The quantitative estimate of drug-likeness (QED) is 0.633. The first kappa shape index (κ1) is 12.3. The highest BCUT2D eigenvalue weighted by Crippen LogP contribution is 2.14. The van der Waals surface area contributed by atoms with E-state index >= 15 is 0 Å². The van der Waals surface area contributed by atoms with Gasteiger partial charge in [-0.05, 0) is 19.1 Å². The van der Waals surface area contributed by atoms with Crippen molar-refractivity contribution in [2.24, 2.45) is 0 Å². The summed E-state index contributed by atoms with van der Waals surface area (Å²) in [6.45, 7) is 1.79. The minimum atomic E-state index is -0.853. The number of nitrogens with one attached hydrogen (secondary N) is 1. The molecule has 0 atom stereocenters. The van der Waals surface area contributed by atoms with Crippen molar-refractivity contribution in [2.75, 3.05) is 6.61 Å². The first-order valence-electron chi connectivity index (χ1n) is 4.73. The lowest BCUT2D eigenvalue weighted by Gasteiger charge is -2.06. The van der Waals surface area contributed by atoms with E-state index in [4.69, 9.17) is 5.41 Å². The SMILES string of the molecule is CCOC(=O)CC(=N)c1c(F)cccc1F. The Morgan fingerprint density at radius 3 is 2.44 bits per heavy atom. The number of carbonyl (C=O) groups excluding carboxylic acids is 1. The van der Waals surface area contributed by atoms with E-state index in [-0.39, 0.29) is 6.61 Å². The fourth-order valence-electron chi connectivity index (χ4n) is 1.23. The van der Waals surface area contributed by atoms with Crippen LogP contribution in [0, 0.1) is 17.0 Å². The summed E-state index contributed by atoms with van der Waals surface area (Å²) in [4.78, 5) is 11.0. The summed E-state index contributed by atoms with van der Waals surface area (Å²) >= 11 is 0. The second-order valence-corrected chi connectivity index (χ2v) is 3.06. The molecule has 0 unspecified atom stereocenters. The number of esters is 1. The lowest BCUT2D eigenvalue weighted by Crippen LogP contribution is -2.14. The summed E-state index contributed by atoms with van der Waals surface area (Å²) < 4.78 is 31.0. The predicted molar refractivity (Wildman–Crippen MR) is 54.4 cm³/mol. The van der Waals surface area contributed by atoms with Crippen molar-refractivity contribution in [3.8, 4) is 0 Å². The molecule has 0 saturated heterocycles. The third-order valence-electron chi connectivity index (χ3n) is 1.89. The molecule has 0 saturated carbocycles. The highest BCUT2D eigenvalue weighted by Gasteiger charge is 2.16. The van der Waals surface area contributed by atoms with Gasteiger partial charge in [-0.25, -0.2) is 8.78 Å². The Labute approximate surface area is 91.5 Å². The van der Waals surface area contributed by atoms with Crippen LogP contribution in [0.15, 0.2) is 18.2 Å². The Kier molecular flexibility index (Phi) is 4.10. The Balaban J connectivity index is 2.85. The van der Waals surface area contributed by atoms with Gasteiger partial charge in [0.25, 0.3) is 0 Å². The van der Waals surface area contributed by atoms with Crippen molar-refractivity contribution in [3.63, 3.8) is 0 Å². The molecule has 0 aliphatic carbocycles. The van der Waals surface area contributed by atoms with E-state index < -0.39 is 35.3 Å². The van der Waals surface area contributed by atoms with E-state index in [1.807, 2.05) is 0 Å². The largest absolute Gasteiger partial charge is 0.466 e. The zero-order valence-corrected chi connectivity index (χ0v) is 8.72. The molecule has 3 nitrogen and oxygen atoms in total. The maximum atomic E-state index is 13.2. The van der Waals surface area contributed by atoms with Crippen molar-refractivity contribution in [1.82, 2.24) is 0 Å². The fraction of sp³-hybridized carbons (Fsp3) is 0.273. The Hall–Kier alpha value is -1.78. The van der Waals surface area contributed by atoms with E-state index in [0.717, 1.165) is 12.1 Å². The summed E-state index contributed by atoms with van der Waals surface area (Å²) in [5, 5.41) is 7.44. The van der Waals surface area contributed by atoms with Crippen LogP contribution in [0.3, 0.4) is 0 Å². The average Bonchev–Trinajstić information content (AvgIpc) is 2.17. The lowest BCUT2D eigenvalue weighted by molar-refractivity contribution is -0.141. The van der Waals surface area contributed by atoms with Crippen LogP contribution < -0.4 is 0 Å². The number of hydrogen-bond donors (Lipinski definition) is 1. The van der Waals surface area contributed by atoms with Crippen LogP contribution in [0.1, 0.15) is 18.9 Å². The number of carbonyl (C=O) groups is 1. The van der Waals surface area contributed by atoms with Gasteiger partial charge in [-0.1, -0.05) is 6.07 Å². The summed E-state index contributed by atoms with van der Waals surface area (Å²) in [6.07, 6.45) is -0.439. The second-order valence-electron chi connectivity index (χ2n) is 3.06. The lowest BCUT2D eigenvalue weighted by atomic mass is 10.1. The molecule has 1 aromatic carbocycles. The molecule has 86 valence electrons. The molecule has 1 aromatic rings. The van der Waals surface area contributed by atoms with Gasteiger partial charge in [-0.3, -0.25) is 4.79 Å². The summed E-state index contributed by atoms with van der Waals surface area (Å²) in [6, 6.07) is 3.28. The van der Waals surface area contributed by atoms with Gasteiger partial charge in [0.1, 0.15) is 11.6 Å². The Morgan fingerprint density at radius 1 is 1.38 bits per heavy atom. The summed E-state index contributed by atoms with van der Waals surface area (Å²) in [5.74, 6) is -2.38. The number of hydrogen-bond acceptors (Lipinski definition) is 3. The maximum absolute atomic E-state index is 13.2. The molecule has 0 aromatic heterocycles. The maximum Gasteiger partial charge on any atom is 0.311 e. The first-order chi connectivity index (χ1) is 7.56. The molecule has 1 rings (SSSR count). The van der Waals surface area contributed by atoms with Gasteiger partial charge in [-0.15, -0.1) is 0 Å². The Morgan fingerprint density at radius 2 is 1.94 bits per heavy atom. The van der Waals surface area contributed by atoms with Gasteiger partial charge >= 0.3 is 5.97 Å². The fourth-order valence-corrected chi connectivity index (χ4v) is 1.23. The van der Waals surface area contributed by atoms with Gasteiger partial charge in [0, 0.05) is 0 Å². The molecule has 0 bridgehead atoms. The predicted octanol–water partition coefficient (Wildman–Crippen LogP) is 2.29. The van der Waals surface area contributed by atoms with Crippen LogP contribution in [0.4, 0.5) is 8.78 Å². The summed E-state index contributed by atoms with van der Waals surface area (Å²) in [7, 11) is 0. The van der Waals surface area contributed by atoms with Gasteiger partial charge in [-0.2, -0.15) is 0 Å². The standard InChI is InChI=1S/C11H11F2NO2/c1-2-16-10(15)6-9(14)11-7(12)4-3-5-8(11)13/h3-5,14H,2,6H2,1H3. The van der Waals surface area contributed by atoms with Gasteiger partial charge in [0.2, 0.25) is 0 Å². The summed E-state index contributed by atoms with van der Waals surface area (Å²) in [5.41, 5.74) is -0.899. The molecule has 0 amide bonds. The zero-order valence-electron chi connectivity index (χ0n) is 8.72. The second kappa shape index (κ2) is 5.34. The third kappa shape index (κ3) is 2.85. The van der Waals surface area contributed by atoms with Crippen LogP contribution in [-0.4, -0.2) is 18.3 Å². The van der Waals surface area contributed by atoms with Crippen LogP contribution in [0.5, 0.6) is 0 Å². The van der Waals surface area contributed by atoms with E-state index in [2.05, 4.69) is 4.74 Å². The molecule has 16 heavy (non-hydrogen) atoms. The minimum absolute atomic E-state index is 0.172. The van der Waals surface area contributed by atoms with Crippen LogP contribution in [0.2, 0.25) is 0 Å². The molecule has 0 heterocycles. The van der Waals surface area contributed by atoms with Crippen LogP contribution in [-0.2, 0) is 9.53 Å². The topological polar surface area (TPSA) is 50.2 Å². The normalized spacial score (nSPS) is 9.94. The van der Waals surface area contributed by atoms with Crippen molar-refractivity contribution in [1.29, 1.82) is 5.41 Å². The van der Waals surface area contributed by atoms with Gasteiger partial charge in [0.05, 0.1) is 24.3 Å². The van der Waals surface area contributed by atoms with E-state index in [1.54, 1.807) is 6.92 Å². The first-order valence-corrected chi connectivity index (χ1v) is 4.73. The number of benzene rings is 1. The van der Waals surface area contributed by atoms with E-state index in [0.29, 0.717) is 0 Å². The average molecular weight is 227 g/mol. The Bertz CT molecular complexity index is 398. The van der Waals surface area contributed by atoms with Crippen molar-refractivity contribution >= 4 is 11.7 Å².